The average molecular weight is 204 g/mol. The first kappa shape index (κ1) is 9.90. The highest BCUT2D eigenvalue weighted by Crippen LogP contribution is 2.30. The topological polar surface area (TPSA) is 43.4 Å². The molecular weight excluding hydrogens is 192 g/mol. The summed E-state index contributed by atoms with van der Waals surface area (Å²) in [6.07, 6.45) is 0.347. The zero-order valence-electron chi connectivity index (χ0n) is 8.53. The number of esters is 1. The van der Waals surface area contributed by atoms with Crippen molar-refractivity contribution >= 4 is 11.8 Å². The van der Waals surface area contributed by atoms with Crippen LogP contribution in [0.15, 0.2) is 24.3 Å². The average Bonchev–Trinajstić information content (AvgIpc) is 2.54. The monoisotopic (exact) mass is 204 g/mol. The normalized spacial score (nSPS) is 18.7. The minimum atomic E-state index is -0.693. The van der Waals surface area contributed by atoms with E-state index >= 15 is 0 Å². The van der Waals surface area contributed by atoms with Gasteiger partial charge in [0.1, 0.15) is 5.92 Å². The summed E-state index contributed by atoms with van der Waals surface area (Å²) in [6.45, 7) is 2.05. The van der Waals surface area contributed by atoms with Crippen molar-refractivity contribution in [1.82, 2.24) is 0 Å². The first-order chi connectivity index (χ1) is 7.24. The number of hydrogen-bond donors (Lipinski definition) is 0. The Kier molecular flexibility index (Phi) is 2.54. The summed E-state index contributed by atoms with van der Waals surface area (Å²) in [4.78, 5) is 23.2. The van der Waals surface area contributed by atoms with Gasteiger partial charge in [0, 0.05) is 6.42 Å². The van der Waals surface area contributed by atoms with Crippen molar-refractivity contribution in [1.29, 1.82) is 0 Å². The molecule has 0 amide bonds. The van der Waals surface area contributed by atoms with E-state index in [0.717, 1.165) is 11.1 Å². The Morgan fingerprint density at radius 1 is 1.47 bits per heavy atom. The van der Waals surface area contributed by atoms with Gasteiger partial charge in [0.15, 0.2) is 5.78 Å². The van der Waals surface area contributed by atoms with E-state index in [9.17, 15) is 9.59 Å². The molecule has 0 aliphatic heterocycles. The van der Waals surface area contributed by atoms with Crippen molar-refractivity contribution in [2.75, 3.05) is 6.61 Å². The molecule has 0 N–H and O–H groups in total. The molecule has 0 saturated carbocycles. The second-order valence-corrected chi connectivity index (χ2v) is 3.53. The van der Waals surface area contributed by atoms with Crippen molar-refractivity contribution in [2.24, 2.45) is 0 Å². The van der Waals surface area contributed by atoms with E-state index in [1.807, 2.05) is 24.3 Å². The minimum absolute atomic E-state index is 0.0605. The lowest BCUT2D eigenvalue weighted by atomic mass is 10.0. The summed E-state index contributed by atoms with van der Waals surface area (Å²) in [6, 6.07) is 7.41. The molecule has 1 aromatic carbocycles. The van der Waals surface area contributed by atoms with Gasteiger partial charge in [0.05, 0.1) is 6.61 Å². The van der Waals surface area contributed by atoms with E-state index in [2.05, 4.69) is 0 Å². The molecule has 0 saturated heterocycles. The fraction of sp³-hybridized carbons (Fsp3) is 0.333. The predicted octanol–water partition coefficient (Wildman–Crippen LogP) is 1.46. The van der Waals surface area contributed by atoms with Crippen LogP contribution in [0.2, 0.25) is 0 Å². The fourth-order valence-electron chi connectivity index (χ4n) is 1.92. The van der Waals surface area contributed by atoms with Gasteiger partial charge in [-0.2, -0.15) is 0 Å². The van der Waals surface area contributed by atoms with E-state index in [4.69, 9.17) is 4.74 Å². The zero-order valence-corrected chi connectivity index (χ0v) is 8.53. The van der Waals surface area contributed by atoms with Gasteiger partial charge < -0.3 is 4.74 Å². The largest absolute Gasteiger partial charge is 0.465 e. The summed E-state index contributed by atoms with van der Waals surface area (Å²) in [5, 5.41) is 0. The molecule has 1 atom stereocenters. The maximum absolute atomic E-state index is 11.6. The number of rotatable bonds is 2. The Morgan fingerprint density at radius 2 is 2.20 bits per heavy atom. The number of carbonyl (C=O) groups excluding carboxylic acids is 2. The number of benzene rings is 1. The van der Waals surface area contributed by atoms with Crippen molar-refractivity contribution in [3.05, 3.63) is 35.4 Å². The van der Waals surface area contributed by atoms with Gasteiger partial charge in [-0.1, -0.05) is 24.3 Å². The molecule has 1 aliphatic carbocycles. The Hall–Kier alpha value is -1.64. The molecule has 2 rings (SSSR count). The van der Waals surface area contributed by atoms with Crippen molar-refractivity contribution in [3.8, 4) is 0 Å². The van der Waals surface area contributed by atoms with E-state index in [1.54, 1.807) is 6.92 Å². The highest BCUT2D eigenvalue weighted by atomic mass is 16.5. The summed E-state index contributed by atoms with van der Waals surface area (Å²) >= 11 is 0. The molecule has 0 fully saturated rings. The maximum Gasteiger partial charge on any atom is 0.321 e. The number of ether oxygens (including phenoxy) is 1. The van der Waals surface area contributed by atoms with Gasteiger partial charge in [-0.05, 0) is 18.1 Å². The second kappa shape index (κ2) is 3.85. The first-order valence-corrected chi connectivity index (χ1v) is 5.01. The molecule has 1 aliphatic rings. The minimum Gasteiger partial charge on any atom is -0.465 e. The summed E-state index contributed by atoms with van der Waals surface area (Å²) in [5.74, 6) is -1.18. The highest BCUT2D eigenvalue weighted by molar-refractivity contribution is 6.08. The molecule has 0 bridgehead atoms. The molecular formula is C12H12O3. The molecule has 3 nitrogen and oxygen atoms in total. The third kappa shape index (κ3) is 1.65. The molecule has 0 spiro atoms. The van der Waals surface area contributed by atoms with Crippen LogP contribution >= 0.6 is 0 Å². The van der Waals surface area contributed by atoms with Crippen LogP contribution in [0, 0.1) is 0 Å². The molecule has 0 heterocycles. The Morgan fingerprint density at radius 3 is 2.93 bits per heavy atom. The first-order valence-electron chi connectivity index (χ1n) is 5.01. The number of hydrogen-bond acceptors (Lipinski definition) is 3. The predicted molar refractivity (Wildman–Crippen MR) is 54.5 cm³/mol. The van der Waals surface area contributed by atoms with Crippen LogP contribution < -0.4 is 0 Å². The fourth-order valence-corrected chi connectivity index (χ4v) is 1.92. The second-order valence-electron chi connectivity index (χ2n) is 3.53. The third-order valence-electron chi connectivity index (χ3n) is 2.58. The summed E-state index contributed by atoms with van der Waals surface area (Å²) < 4.78 is 4.89. The summed E-state index contributed by atoms with van der Waals surface area (Å²) in [5.41, 5.74) is 1.75. The van der Waals surface area contributed by atoms with Gasteiger partial charge in [-0.3, -0.25) is 9.59 Å². The Labute approximate surface area is 88.1 Å². The Bertz CT molecular complexity index is 409. The van der Waals surface area contributed by atoms with Gasteiger partial charge >= 0.3 is 5.97 Å². The molecule has 78 valence electrons. The lowest BCUT2D eigenvalue weighted by Gasteiger charge is -2.08. The number of fused-ring (bicyclic) bond motifs is 1. The van der Waals surface area contributed by atoms with Crippen LogP contribution in [0.25, 0.3) is 0 Å². The quantitative estimate of drug-likeness (QED) is 0.541. The number of Topliss-reactive ketones (excluding diaryl/α,β-unsaturated/α-hetero) is 1. The lowest BCUT2D eigenvalue weighted by Crippen LogP contribution is -2.20. The zero-order chi connectivity index (χ0) is 10.8. The number of ketones is 1. The SMILES string of the molecule is CCOC(=O)[C@@H]1C(=O)Cc2ccccc21. The van der Waals surface area contributed by atoms with Gasteiger partial charge in [-0.25, -0.2) is 0 Å². The lowest BCUT2D eigenvalue weighted by molar-refractivity contribution is -0.147. The van der Waals surface area contributed by atoms with E-state index in [0.29, 0.717) is 13.0 Å². The maximum atomic E-state index is 11.6. The van der Waals surface area contributed by atoms with Crippen molar-refractivity contribution in [2.45, 2.75) is 19.3 Å². The number of carbonyl (C=O) groups is 2. The molecule has 15 heavy (non-hydrogen) atoms. The van der Waals surface area contributed by atoms with Crippen LogP contribution in [0.5, 0.6) is 0 Å². The van der Waals surface area contributed by atoms with Crippen LogP contribution in [0.4, 0.5) is 0 Å². The molecule has 0 radical (unpaired) electrons. The Balaban J connectivity index is 2.33. The highest BCUT2D eigenvalue weighted by Gasteiger charge is 2.36. The molecule has 1 aromatic rings. The third-order valence-corrected chi connectivity index (χ3v) is 2.58. The summed E-state index contributed by atoms with van der Waals surface area (Å²) in [7, 11) is 0. The van der Waals surface area contributed by atoms with Crippen molar-refractivity contribution < 1.29 is 14.3 Å². The smallest absolute Gasteiger partial charge is 0.321 e. The standard InChI is InChI=1S/C12H12O3/c1-2-15-12(14)11-9-6-4-3-5-8(9)7-10(11)13/h3-6,11H,2,7H2,1H3/t11-/m0/s1. The van der Waals surface area contributed by atoms with Gasteiger partial charge in [0.2, 0.25) is 0 Å². The van der Waals surface area contributed by atoms with Crippen LogP contribution in [-0.2, 0) is 20.7 Å². The molecule has 0 aromatic heterocycles. The van der Waals surface area contributed by atoms with E-state index in [-0.39, 0.29) is 5.78 Å². The molecule has 0 unspecified atom stereocenters. The van der Waals surface area contributed by atoms with E-state index < -0.39 is 11.9 Å². The van der Waals surface area contributed by atoms with Crippen LogP contribution in [-0.4, -0.2) is 18.4 Å². The van der Waals surface area contributed by atoms with Gasteiger partial charge in [-0.15, -0.1) is 0 Å². The van der Waals surface area contributed by atoms with Crippen molar-refractivity contribution in [3.63, 3.8) is 0 Å². The van der Waals surface area contributed by atoms with E-state index in [1.165, 1.54) is 0 Å². The molecule has 3 heteroatoms. The van der Waals surface area contributed by atoms with Crippen LogP contribution in [0.3, 0.4) is 0 Å². The van der Waals surface area contributed by atoms with Gasteiger partial charge in [0.25, 0.3) is 0 Å². The van der Waals surface area contributed by atoms with Crippen LogP contribution in [0.1, 0.15) is 24.0 Å².